The van der Waals surface area contributed by atoms with Crippen LogP contribution in [0.1, 0.15) is 33.6 Å². The minimum atomic E-state index is 0.101. The van der Waals surface area contributed by atoms with E-state index >= 15 is 0 Å². The van der Waals surface area contributed by atoms with Crippen molar-refractivity contribution in [3.05, 3.63) is 12.2 Å². The van der Waals surface area contributed by atoms with Gasteiger partial charge in [0.15, 0.2) is 5.78 Å². The van der Waals surface area contributed by atoms with Crippen LogP contribution < -0.4 is 5.32 Å². The minimum absolute atomic E-state index is 0.101. The molecule has 2 nitrogen and oxygen atoms in total. The second-order valence-electron chi connectivity index (χ2n) is 3.98. The van der Waals surface area contributed by atoms with E-state index in [0.717, 1.165) is 18.4 Å². The summed E-state index contributed by atoms with van der Waals surface area (Å²) in [6, 6.07) is 0.386. The van der Waals surface area contributed by atoms with Gasteiger partial charge in [-0.25, -0.2) is 0 Å². The Kier molecular flexibility index (Phi) is 5.63. The fraction of sp³-hybridized carbons (Fsp3) is 0.727. The molecule has 0 aromatic rings. The zero-order chi connectivity index (χ0) is 10.4. The van der Waals surface area contributed by atoms with Crippen LogP contribution in [0.4, 0.5) is 0 Å². The van der Waals surface area contributed by atoms with Gasteiger partial charge in [-0.15, -0.1) is 0 Å². The number of rotatable bonds is 6. The van der Waals surface area contributed by atoms with Gasteiger partial charge in [0.05, 0.1) is 0 Å². The first-order chi connectivity index (χ1) is 5.97. The number of carbonyl (C=O) groups excluding carboxylic acids is 1. The fourth-order valence-electron chi connectivity index (χ4n) is 1.31. The lowest BCUT2D eigenvalue weighted by atomic mass is 9.97. The van der Waals surface area contributed by atoms with E-state index < -0.39 is 0 Å². The van der Waals surface area contributed by atoms with Crippen LogP contribution >= 0.6 is 0 Å². The predicted molar refractivity (Wildman–Crippen MR) is 56.7 cm³/mol. The smallest absolute Gasteiger partial charge is 0.155 e. The fourth-order valence-corrected chi connectivity index (χ4v) is 1.31. The van der Waals surface area contributed by atoms with Crippen LogP contribution in [0.2, 0.25) is 0 Å². The average molecular weight is 183 g/mol. The molecule has 13 heavy (non-hydrogen) atoms. The highest BCUT2D eigenvalue weighted by atomic mass is 16.1. The Balaban J connectivity index is 3.97. The third kappa shape index (κ3) is 5.58. The number of hydrogen-bond donors (Lipinski definition) is 1. The second-order valence-corrected chi connectivity index (χ2v) is 3.98. The molecular weight excluding hydrogens is 162 g/mol. The number of carbonyl (C=O) groups is 1. The average Bonchev–Trinajstić information content (AvgIpc) is 2.02. The third-order valence-electron chi connectivity index (χ3n) is 2.15. The molecule has 0 amide bonds. The van der Waals surface area contributed by atoms with Crippen molar-refractivity contribution in [3.63, 3.8) is 0 Å². The van der Waals surface area contributed by atoms with Gasteiger partial charge in [0, 0.05) is 6.04 Å². The zero-order valence-corrected chi connectivity index (χ0v) is 9.18. The summed E-state index contributed by atoms with van der Waals surface area (Å²) < 4.78 is 0. The summed E-state index contributed by atoms with van der Waals surface area (Å²) in [5.41, 5.74) is 0.722. The topological polar surface area (TPSA) is 29.1 Å². The Bertz CT molecular complexity index is 185. The molecule has 0 bridgehead atoms. The minimum Gasteiger partial charge on any atom is -0.317 e. The highest BCUT2D eigenvalue weighted by Crippen LogP contribution is 2.12. The number of hydrogen-bond acceptors (Lipinski definition) is 2. The SMILES string of the molecule is C=C(CC(CC(C)C)NC)C(C)=O. The summed E-state index contributed by atoms with van der Waals surface area (Å²) in [5, 5.41) is 3.21. The first-order valence-corrected chi connectivity index (χ1v) is 4.83. The van der Waals surface area contributed by atoms with Crippen molar-refractivity contribution in [2.45, 2.75) is 39.7 Å². The third-order valence-corrected chi connectivity index (χ3v) is 2.15. The van der Waals surface area contributed by atoms with E-state index in [0.29, 0.717) is 12.0 Å². The summed E-state index contributed by atoms with van der Waals surface area (Å²) in [5.74, 6) is 0.751. The van der Waals surface area contributed by atoms with Gasteiger partial charge in [-0.1, -0.05) is 20.4 Å². The van der Waals surface area contributed by atoms with Gasteiger partial charge < -0.3 is 5.32 Å². The van der Waals surface area contributed by atoms with Crippen LogP contribution in [0.15, 0.2) is 12.2 Å². The highest BCUT2D eigenvalue weighted by Gasteiger charge is 2.11. The Morgan fingerprint density at radius 2 is 2.00 bits per heavy atom. The lowest BCUT2D eigenvalue weighted by Crippen LogP contribution is -2.28. The number of nitrogens with one attached hydrogen (secondary N) is 1. The van der Waals surface area contributed by atoms with Gasteiger partial charge in [-0.3, -0.25) is 4.79 Å². The van der Waals surface area contributed by atoms with Gasteiger partial charge in [-0.2, -0.15) is 0 Å². The Morgan fingerprint density at radius 3 is 2.31 bits per heavy atom. The summed E-state index contributed by atoms with van der Waals surface area (Å²) in [7, 11) is 1.93. The number of Topliss-reactive ketones (excluding diaryl/α,β-unsaturated/α-hetero) is 1. The molecule has 0 aromatic carbocycles. The monoisotopic (exact) mass is 183 g/mol. The van der Waals surface area contributed by atoms with Crippen molar-refractivity contribution in [2.75, 3.05) is 7.05 Å². The van der Waals surface area contributed by atoms with E-state index in [1.165, 1.54) is 0 Å². The van der Waals surface area contributed by atoms with Crippen LogP contribution in [0.3, 0.4) is 0 Å². The summed E-state index contributed by atoms with van der Waals surface area (Å²) in [6.45, 7) is 9.70. The van der Waals surface area contributed by atoms with E-state index in [9.17, 15) is 4.79 Å². The molecule has 0 aliphatic carbocycles. The van der Waals surface area contributed by atoms with Gasteiger partial charge in [0.2, 0.25) is 0 Å². The Labute approximate surface area is 81.4 Å². The molecule has 0 aliphatic heterocycles. The predicted octanol–water partition coefficient (Wildman–Crippen LogP) is 2.16. The molecular formula is C11H21NO. The Morgan fingerprint density at radius 1 is 1.46 bits per heavy atom. The molecule has 1 N–H and O–H groups in total. The molecule has 0 aromatic heterocycles. The van der Waals surface area contributed by atoms with Gasteiger partial charge in [0.1, 0.15) is 0 Å². The first-order valence-electron chi connectivity index (χ1n) is 4.83. The molecule has 0 fully saturated rings. The maximum atomic E-state index is 11.0. The molecule has 76 valence electrons. The van der Waals surface area contributed by atoms with Crippen LogP contribution in [-0.4, -0.2) is 18.9 Å². The lowest BCUT2D eigenvalue weighted by molar-refractivity contribution is -0.113. The first kappa shape index (κ1) is 12.4. The molecule has 1 unspecified atom stereocenters. The van der Waals surface area contributed by atoms with Gasteiger partial charge in [0.25, 0.3) is 0 Å². The summed E-state index contributed by atoms with van der Waals surface area (Å²) in [4.78, 5) is 11.0. The van der Waals surface area contributed by atoms with E-state index in [1.807, 2.05) is 7.05 Å². The normalized spacial score (nSPS) is 13.0. The van der Waals surface area contributed by atoms with Crippen molar-refractivity contribution in [3.8, 4) is 0 Å². The molecule has 2 heteroatoms. The summed E-state index contributed by atoms with van der Waals surface area (Å²) >= 11 is 0. The Hall–Kier alpha value is -0.630. The quantitative estimate of drug-likeness (QED) is 0.639. The number of ketones is 1. The molecule has 0 spiro atoms. The van der Waals surface area contributed by atoms with Crippen molar-refractivity contribution in [1.29, 1.82) is 0 Å². The van der Waals surface area contributed by atoms with E-state index in [-0.39, 0.29) is 5.78 Å². The maximum absolute atomic E-state index is 11.0. The van der Waals surface area contributed by atoms with E-state index in [4.69, 9.17) is 0 Å². The zero-order valence-electron chi connectivity index (χ0n) is 9.18. The molecule has 0 rings (SSSR count). The van der Waals surface area contributed by atoms with E-state index in [2.05, 4.69) is 25.7 Å². The molecule has 1 atom stereocenters. The van der Waals surface area contributed by atoms with E-state index in [1.54, 1.807) is 6.92 Å². The van der Waals surface area contributed by atoms with Crippen LogP contribution in [-0.2, 0) is 4.79 Å². The van der Waals surface area contributed by atoms with Crippen LogP contribution in [0.5, 0.6) is 0 Å². The summed E-state index contributed by atoms with van der Waals surface area (Å²) in [6.07, 6.45) is 1.85. The molecule has 0 saturated carbocycles. The van der Waals surface area contributed by atoms with Gasteiger partial charge >= 0.3 is 0 Å². The largest absolute Gasteiger partial charge is 0.317 e. The van der Waals surface area contributed by atoms with Crippen molar-refractivity contribution < 1.29 is 4.79 Å². The molecule has 0 radical (unpaired) electrons. The van der Waals surface area contributed by atoms with Crippen molar-refractivity contribution >= 4 is 5.78 Å². The highest BCUT2D eigenvalue weighted by molar-refractivity contribution is 5.92. The molecule has 0 heterocycles. The second kappa shape index (κ2) is 5.92. The van der Waals surface area contributed by atoms with Crippen molar-refractivity contribution in [1.82, 2.24) is 5.32 Å². The lowest BCUT2D eigenvalue weighted by Gasteiger charge is -2.18. The molecule has 0 aliphatic rings. The maximum Gasteiger partial charge on any atom is 0.155 e. The van der Waals surface area contributed by atoms with Gasteiger partial charge in [-0.05, 0) is 38.3 Å². The van der Waals surface area contributed by atoms with Crippen molar-refractivity contribution in [2.24, 2.45) is 5.92 Å². The molecule has 0 saturated heterocycles. The standard InChI is InChI=1S/C11H21NO/c1-8(2)6-11(12-5)7-9(3)10(4)13/h8,11-12H,3,6-7H2,1-2,4-5H3. The van der Waals surface area contributed by atoms with Crippen LogP contribution in [0.25, 0.3) is 0 Å². The van der Waals surface area contributed by atoms with Crippen LogP contribution in [0, 0.1) is 5.92 Å².